The van der Waals surface area contributed by atoms with Gasteiger partial charge in [-0.25, -0.2) is 0 Å². The van der Waals surface area contributed by atoms with Gasteiger partial charge in [0, 0.05) is 24.2 Å². The first kappa shape index (κ1) is 13.9. The molecular formula is C16H24N2O. The van der Waals surface area contributed by atoms with Crippen LogP contribution >= 0.6 is 0 Å². The van der Waals surface area contributed by atoms with E-state index >= 15 is 0 Å². The SMILES string of the molecule is CC(C)N(Cc1ccc(N)cc1)C(=O)C1CC1(C)C. The van der Waals surface area contributed by atoms with Crippen molar-refractivity contribution in [1.29, 1.82) is 0 Å². The number of amides is 1. The number of benzene rings is 1. The number of nitrogens with zero attached hydrogens (tertiary/aromatic N) is 1. The Hall–Kier alpha value is -1.51. The number of hydrogen-bond acceptors (Lipinski definition) is 2. The molecule has 0 aromatic heterocycles. The molecule has 1 aromatic carbocycles. The van der Waals surface area contributed by atoms with Gasteiger partial charge in [0.2, 0.25) is 5.91 Å². The van der Waals surface area contributed by atoms with Crippen LogP contribution in [-0.2, 0) is 11.3 Å². The molecule has 0 aliphatic heterocycles. The lowest BCUT2D eigenvalue weighted by molar-refractivity contribution is -0.135. The zero-order valence-electron chi connectivity index (χ0n) is 12.3. The quantitative estimate of drug-likeness (QED) is 0.846. The molecular weight excluding hydrogens is 236 g/mol. The molecule has 1 fully saturated rings. The van der Waals surface area contributed by atoms with Gasteiger partial charge in [-0.1, -0.05) is 26.0 Å². The third kappa shape index (κ3) is 3.09. The Morgan fingerprint density at radius 3 is 2.32 bits per heavy atom. The van der Waals surface area contributed by atoms with E-state index in [-0.39, 0.29) is 23.3 Å². The number of carbonyl (C=O) groups is 1. The number of anilines is 1. The molecule has 1 atom stereocenters. The van der Waals surface area contributed by atoms with E-state index in [0.29, 0.717) is 6.54 Å². The summed E-state index contributed by atoms with van der Waals surface area (Å²) in [6.07, 6.45) is 1.01. The highest BCUT2D eigenvalue weighted by Crippen LogP contribution is 2.52. The van der Waals surface area contributed by atoms with Crippen LogP contribution in [0.2, 0.25) is 0 Å². The molecule has 1 aliphatic carbocycles. The van der Waals surface area contributed by atoms with Crippen LogP contribution < -0.4 is 5.73 Å². The molecule has 0 spiro atoms. The molecule has 1 aromatic rings. The second-order valence-electron chi connectivity index (χ2n) is 6.55. The lowest BCUT2D eigenvalue weighted by atomic mass is 10.1. The van der Waals surface area contributed by atoms with E-state index < -0.39 is 0 Å². The Balaban J connectivity index is 2.09. The van der Waals surface area contributed by atoms with Crippen LogP contribution in [0.5, 0.6) is 0 Å². The van der Waals surface area contributed by atoms with Gasteiger partial charge in [0.05, 0.1) is 0 Å². The number of hydrogen-bond donors (Lipinski definition) is 1. The Kier molecular flexibility index (Phi) is 3.57. The zero-order valence-corrected chi connectivity index (χ0v) is 12.3. The molecule has 2 N–H and O–H groups in total. The fourth-order valence-electron chi connectivity index (χ4n) is 2.42. The minimum atomic E-state index is 0.186. The molecule has 0 radical (unpaired) electrons. The Morgan fingerprint density at radius 1 is 1.37 bits per heavy atom. The van der Waals surface area contributed by atoms with Crippen molar-refractivity contribution in [2.75, 3.05) is 5.73 Å². The highest BCUT2D eigenvalue weighted by atomic mass is 16.2. The Morgan fingerprint density at radius 2 is 1.89 bits per heavy atom. The van der Waals surface area contributed by atoms with Gasteiger partial charge in [-0.15, -0.1) is 0 Å². The van der Waals surface area contributed by atoms with Gasteiger partial charge < -0.3 is 10.6 Å². The van der Waals surface area contributed by atoms with Crippen molar-refractivity contribution in [3.8, 4) is 0 Å². The smallest absolute Gasteiger partial charge is 0.226 e. The number of nitrogens with two attached hydrogens (primary N) is 1. The molecule has 0 heterocycles. The van der Waals surface area contributed by atoms with Crippen LogP contribution in [-0.4, -0.2) is 16.8 Å². The van der Waals surface area contributed by atoms with Gasteiger partial charge in [0.1, 0.15) is 0 Å². The lowest BCUT2D eigenvalue weighted by Gasteiger charge is -2.27. The number of nitrogen functional groups attached to an aromatic ring is 1. The summed E-state index contributed by atoms with van der Waals surface area (Å²) in [5.74, 6) is 0.487. The third-order valence-corrected chi connectivity index (χ3v) is 4.05. The van der Waals surface area contributed by atoms with Crippen LogP contribution in [0.3, 0.4) is 0 Å². The molecule has 1 unspecified atom stereocenters. The fraction of sp³-hybridized carbons (Fsp3) is 0.562. The maximum Gasteiger partial charge on any atom is 0.226 e. The van der Waals surface area contributed by atoms with Crippen molar-refractivity contribution in [1.82, 2.24) is 4.90 Å². The highest BCUT2D eigenvalue weighted by Gasteiger charge is 2.52. The first-order chi connectivity index (χ1) is 8.81. The predicted molar refractivity (Wildman–Crippen MR) is 78.4 cm³/mol. The van der Waals surface area contributed by atoms with E-state index in [4.69, 9.17) is 5.73 Å². The maximum absolute atomic E-state index is 12.5. The topological polar surface area (TPSA) is 46.3 Å². The van der Waals surface area contributed by atoms with Crippen molar-refractivity contribution in [3.63, 3.8) is 0 Å². The first-order valence-corrected chi connectivity index (χ1v) is 6.96. The van der Waals surface area contributed by atoms with E-state index in [0.717, 1.165) is 17.7 Å². The summed E-state index contributed by atoms with van der Waals surface area (Å²) in [4.78, 5) is 14.5. The maximum atomic E-state index is 12.5. The molecule has 104 valence electrons. The minimum Gasteiger partial charge on any atom is -0.399 e. The normalized spacial score (nSPS) is 20.4. The summed E-state index contributed by atoms with van der Waals surface area (Å²) in [5.41, 5.74) is 7.77. The molecule has 0 bridgehead atoms. The van der Waals surface area contributed by atoms with Crippen molar-refractivity contribution in [3.05, 3.63) is 29.8 Å². The average Bonchev–Trinajstić information content (AvgIpc) is 2.96. The van der Waals surface area contributed by atoms with Crippen molar-refractivity contribution < 1.29 is 4.79 Å². The summed E-state index contributed by atoms with van der Waals surface area (Å²) in [6, 6.07) is 7.99. The van der Waals surface area contributed by atoms with E-state index in [1.165, 1.54) is 0 Å². The molecule has 1 aliphatic rings. The van der Waals surface area contributed by atoms with E-state index in [9.17, 15) is 4.79 Å². The summed E-state index contributed by atoms with van der Waals surface area (Å²) in [5, 5.41) is 0. The van der Waals surface area contributed by atoms with Gasteiger partial charge in [0.25, 0.3) is 0 Å². The van der Waals surface area contributed by atoms with Crippen LogP contribution in [0.4, 0.5) is 5.69 Å². The van der Waals surface area contributed by atoms with E-state index in [1.54, 1.807) is 0 Å². The van der Waals surface area contributed by atoms with Gasteiger partial charge in [0.15, 0.2) is 0 Å². The number of rotatable bonds is 4. The average molecular weight is 260 g/mol. The van der Waals surface area contributed by atoms with E-state index in [2.05, 4.69) is 27.7 Å². The van der Waals surface area contributed by atoms with Crippen molar-refractivity contribution in [2.24, 2.45) is 11.3 Å². The predicted octanol–water partition coefficient (Wildman–Crippen LogP) is 3.05. The molecule has 1 saturated carbocycles. The molecule has 1 amide bonds. The number of carbonyl (C=O) groups excluding carboxylic acids is 1. The van der Waals surface area contributed by atoms with Gasteiger partial charge in [-0.2, -0.15) is 0 Å². The van der Waals surface area contributed by atoms with Crippen molar-refractivity contribution >= 4 is 11.6 Å². The third-order valence-electron chi connectivity index (χ3n) is 4.05. The Labute approximate surface area is 115 Å². The van der Waals surface area contributed by atoms with Gasteiger partial charge >= 0.3 is 0 Å². The molecule has 3 nitrogen and oxygen atoms in total. The van der Waals surface area contributed by atoms with Crippen LogP contribution in [0, 0.1) is 11.3 Å². The second kappa shape index (κ2) is 4.87. The zero-order chi connectivity index (χ0) is 14.2. The van der Waals surface area contributed by atoms with Crippen LogP contribution in [0.25, 0.3) is 0 Å². The minimum absolute atomic E-state index is 0.186. The molecule has 2 rings (SSSR count). The largest absolute Gasteiger partial charge is 0.399 e. The summed E-state index contributed by atoms with van der Waals surface area (Å²) >= 11 is 0. The van der Waals surface area contributed by atoms with Crippen LogP contribution in [0.15, 0.2) is 24.3 Å². The van der Waals surface area contributed by atoms with Crippen LogP contribution in [0.1, 0.15) is 39.7 Å². The van der Waals surface area contributed by atoms with E-state index in [1.807, 2.05) is 29.2 Å². The Bertz CT molecular complexity index is 462. The summed E-state index contributed by atoms with van der Waals surface area (Å²) < 4.78 is 0. The standard InChI is InChI=1S/C16H24N2O/c1-11(2)18(15(19)14-9-16(14,3)4)10-12-5-7-13(17)8-6-12/h5-8,11,14H,9-10,17H2,1-4H3. The molecule has 3 heteroatoms. The van der Waals surface area contributed by atoms with Gasteiger partial charge in [-0.05, 0) is 43.4 Å². The lowest BCUT2D eigenvalue weighted by Crippen LogP contribution is -2.38. The molecule has 0 saturated heterocycles. The van der Waals surface area contributed by atoms with Gasteiger partial charge in [-0.3, -0.25) is 4.79 Å². The first-order valence-electron chi connectivity index (χ1n) is 6.96. The fourth-order valence-corrected chi connectivity index (χ4v) is 2.42. The molecule has 19 heavy (non-hydrogen) atoms. The summed E-state index contributed by atoms with van der Waals surface area (Å²) in [7, 11) is 0. The van der Waals surface area contributed by atoms with Crippen molar-refractivity contribution in [2.45, 2.75) is 46.7 Å². The second-order valence-corrected chi connectivity index (χ2v) is 6.55. The summed E-state index contributed by atoms with van der Waals surface area (Å²) in [6.45, 7) is 9.15. The highest BCUT2D eigenvalue weighted by molar-refractivity contribution is 5.82. The monoisotopic (exact) mass is 260 g/mol.